The van der Waals surface area contributed by atoms with Crippen molar-refractivity contribution in [1.82, 2.24) is 19.6 Å². The normalized spacial score (nSPS) is 12.8. The second-order valence-corrected chi connectivity index (χ2v) is 5.49. The zero-order chi connectivity index (χ0) is 15.4. The lowest BCUT2D eigenvalue weighted by Gasteiger charge is -2.09. The third kappa shape index (κ3) is 3.18. The van der Waals surface area contributed by atoms with E-state index in [-0.39, 0.29) is 0 Å². The van der Waals surface area contributed by atoms with Crippen LogP contribution in [-0.2, 0) is 25.9 Å². The molecule has 0 spiro atoms. The molecular weight excluding hydrogens is 262 g/mol. The van der Waals surface area contributed by atoms with E-state index in [1.54, 1.807) is 0 Å². The smallest absolute Gasteiger partial charge is 0.0853 e. The number of aryl methyl sites for hydroxylation is 1. The van der Waals surface area contributed by atoms with Crippen molar-refractivity contribution in [3.8, 4) is 0 Å². The second kappa shape index (κ2) is 6.89. The summed E-state index contributed by atoms with van der Waals surface area (Å²) in [5, 5.41) is 9.39. The maximum Gasteiger partial charge on any atom is 0.0853 e. The Kier molecular flexibility index (Phi) is 5.17. The van der Waals surface area contributed by atoms with Gasteiger partial charge >= 0.3 is 0 Å². The molecule has 2 N–H and O–H groups in total. The van der Waals surface area contributed by atoms with Crippen LogP contribution in [-0.4, -0.2) is 19.6 Å². The van der Waals surface area contributed by atoms with Crippen molar-refractivity contribution in [2.24, 2.45) is 5.73 Å². The Bertz CT molecular complexity index is 582. The molecule has 1 atom stereocenters. The molecule has 0 aliphatic heterocycles. The third-order valence-electron chi connectivity index (χ3n) is 4.14. The van der Waals surface area contributed by atoms with Crippen molar-refractivity contribution in [2.75, 3.05) is 0 Å². The molecule has 0 radical (unpaired) electrons. The van der Waals surface area contributed by atoms with Crippen LogP contribution in [0.5, 0.6) is 0 Å². The summed E-state index contributed by atoms with van der Waals surface area (Å²) in [4.78, 5) is 0. The summed E-state index contributed by atoms with van der Waals surface area (Å²) in [6.45, 7) is 9.93. The van der Waals surface area contributed by atoms with Crippen molar-refractivity contribution >= 4 is 0 Å². The van der Waals surface area contributed by atoms with Crippen LogP contribution in [0.25, 0.3) is 0 Å². The van der Waals surface area contributed by atoms with Crippen molar-refractivity contribution in [3.63, 3.8) is 0 Å². The van der Waals surface area contributed by atoms with Crippen molar-refractivity contribution in [3.05, 3.63) is 34.9 Å². The fourth-order valence-corrected chi connectivity index (χ4v) is 2.68. The molecule has 0 fully saturated rings. The number of hydrogen-bond acceptors (Lipinski definition) is 3. The summed E-state index contributed by atoms with van der Waals surface area (Å²) in [6.07, 6.45) is 5.02. The Morgan fingerprint density at radius 3 is 2.52 bits per heavy atom. The predicted molar refractivity (Wildman–Crippen MR) is 85.2 cm³/mol. The number of hydrogen-bond donors (Lipinski definition) is 1. The molecule has 0 saturated heterocycles. The minimum absolute atomic E-state index is 0.438. The topological polar surface area (TPSA) is 61.7 Å². The number of nitrogens with two attached hydrogens (primary N) is 1. The fourth-order valence-electron chi connectivity index (χ4n) is 2.68. The minimum Gasteiger partial charge on any atom is -0.326 e. The van der Waals surface area contributed by atoms with Crippen LogP contribution < -0.4 is 5.73 Å². The monoisotopic (exact) mass is 289 g/mol. The van der Waals surface area contributed by atoms with Gasteiger partial charge in [-0.15, -0.1) is 0 Å². The molecular formula is C16H27N5. The molecule has 2 aromatic heterocycles. The quantitative estimate of drug-likeness (QED) is 0.852. The molecule has 116 valence electrons. The first-order chi connectivity index (χ1) is 10.1. The SMILES string of the molecule is CCc1nn(Cc2ccn(C(C)CC)n2)c(CC)c1CN. The summed E-state index contributed by atoms with van der Waals surface area (Å²) in [5.41, 5.74) is 10.5. The maximum atomic E-state index is 5.90. The Morgan fingerprint density at radius 1 is 1.19 bits per heavy atom. The van der Waals surface area contributed by atoms with Crippen LogP contribution in [0.15, 0.2) is 12.3 Å². The van der Waals surface area contributed by atoms with Gasteiger partial charge in [0.1, 0.15) is 0 Å². The highest BCUT2D eigenvalue weighted by Crippen LogP contribution is 2.17. The minimum atomic E-state index is 0.438. The lowest BCUT2D eigenvalue weighted by atomic mass is 10.1. The summed E-state index contributed by atoms with van der Waals surface area (Å²) >= 11 is 0. The summed E-state index contributed by atoms with van der Waals surface area (Å²) in [7, 11) is 0. The zero-order valence-corrected chi connectivity index (χ0v) is 13.6. The third-order valence-corrected chi connectivity index (χ3v) is 4.14. The first-order valence-corrected chi connectivity index (χ1v) is 7.95. The molecule has 0 aromatic carbocycles. The number of nitrogens with zero attached hydrogens (tertiary/aromatic N) is 4. The van der Waals surface area contributed by atoms with Gasteiger partial charge in [-0.05, 0) is 32.3 Å². The fraction of sp³-hybridized carbons (Fsp3) is 0.625. The number of aromatic nitrogens is 4. The zero-order valence-electron chi connectivity index (χ0n) is 13.6. The van der Waals surface area contributed by atoms with E-state index < -0.39 is 0 Å². The van der Waals surface area contributed by atoms with Gasteiger partial charge in [-0.2, -0.15) is 10.2 Å². The van der Waals surface area contributed by atoms with Crippen LogP contribution in [0.3, 0.4) is 0 Å². The van der Waals surface area contributed by atoms with E-state index >= 15 is 0 Å². The highest BCUT2D eigenvalue weighted by molar-refractivity contribution is 5.27. The van der Waals surface area contributed by atoms with Crippen molar-refractivity contribution in [1.29, 1.82) is 0 Å². The lowest BCUT2D eigenvalue weighted by molar-refractivity contribution is 0.470. The van der Waals surface area contributed by atoms with E-state index in [0.717, 1.165) is 37.2 Å². The Morgan fingerprint density at radius 2 is 1.95 bits per heavy atom. The molecule has 2 aromatic rings. The van der Waals surface area contributed by atoms with E-state index in [1.165, 1.54) is 11.3 Å². The molecule has 0 amide bonds. The predicted octanol–water partition coefficient (Wildman–Crippen LogP) is 2.68. The first kappa shape index (κ1) is 15.8. The highest BCUT2D eigenvalue weighted by Gasteiger charge is 2.15. The van der Waals surface area contributed by atoms with Gasteiger partial charge in [-0.3, -0.25) is 9.36 Å². The molecule has 5 heteroatoms. The van der Waals surface area contributed by atoms with E-state index in [9.17, 15) is 0 Å². The molecule has 0 aliphatic rings. The van der Waals surface area contributed by atoms with Crippen molar-refractivity contribution in [2.45, 2.75) is 66.1 Å². The van der Waals surface area contributed by atoms with Crippen LogP contribution in [0, 0.1) is 0 Å². The second-order valence-electron chi connectivity index (χ2n) is 5.49. The Labute approximate surface area is 127 Å². The van der Waals surface area contributed by atoms with E-state index in [0.29, 0.717) is 12.6 Å². The molecule has 0 bridgehead atoms. The summed E-state index contributed by atoms with van der Waals surface area (Å²) < 4.78 is 4.11. The van der Waals surface area contributed by atoms with Gasteiger partial charge in [0.15, 0.2) is 0 Å². The van der Waals surface area contributed by atoms with Crippen LogP contribution in [0.2, 0.25) is 0 Å². The van der Waals surface area contributed by atoms with Gasteiger partial charge in [0.2, 0.25) is 0 Å². The van der Waals surface area contributed by atoms with E-state index in [1.807, 2.05) is 4.68 Å². The van der Waals surface area contributed by atoms with E-state index in [2.05, 4.69) is 49.7 Å². The Hall–Kier alpha value is -1.62. The molecule has 5 nitrogen and oxygen atoms in total. The number of rotatable bonds is 7. The molecule has 0 saturated carbocycles. The van der Waals surface area contributed by atoms with Gasteiger partial charge in [0.05, 0.1) is 17.9 Å². The van der Waals surface area contributed by atoms with Gasteiger partial charge in [0.25, 0.3) is 0 Å². The molecule has 0 aliphatic carbocycles. The molecule has 2 heterocycles. The lowest BCUT2D eigenvalue weighted by Crippen LogP contribution is -2.10. The van der Waals surface area contributed by atoms with Crippen LogP contribution >= 0.6 is 0 Å². The maximum absolute atomic E-state index is 5.90. The molecule has 2 rings (SSSR count). The average Bonchev–Trinajstić information content (AvgIpc) is 3.10. The largest absolute Gasteiger partial charge is 0.326 e. The van der Waals surface area contributed by atoms with Crippen molar-refractivity contribution < 1.29 is 0 Å². The van der Waals surface area contributed by atoms with Gasteiger partial charge in [0, 0.05) is 30.0 Å². The molecule has 1 unspecified atom stereocenters. The van der Waals surface area contributed by atoms with E-state index in [4.69, 9.17) is 10.8 Å². The molecule has 21 heavy (non-hydrogen) atoms. The highest BCUT2D eigenvalue weighted by atomic mass is 15.3. The van der Waals surface area contributed by atoms with Crippen LogP contribution in [0.1, 0.15) is 62.8 Å². The summed E-state index contributed by atoms with van der Waals surface area (Å²) in [6, 6.07) is 2.52. The first-order valence-electron chi connectivity index (χ1n) is 7.95. The Balaban J connectivity index is 2.26. The standard InChI is InChI=1S/C16H27N5/c1-5-12(4)20-9-8-13(18-20)11-21-16(7-3)14(10-17)15(6-2)19-21/h8-9,12H,5-7,10-11,17H2,1-4H3. The average molecular weight is 289 g/mol. The van der Waals surface area contributed by atoms with Gasteiger partial charge in [-0.1, -0.05) is 20.8 Å². The van der Waals surface area contributed by atoms with Crippen LogP contribution in [0.4, 0.5) is 0 Å². The van der Waals surface area contributed by atoms with Gasteiger partial charge in [-0.25, -0.2) is 0 Å². The van der Waals surface area contributed by atoms with Gasteiger partial charge < -0.3 is 5.73 Å². The summed E-state index contributed by atoms with van der Waals surface area (Å²) in [5.74, 6) is 0.